The number of carbonyl (C=O) groups is 1. The first-order chi connectivity index (χ1) is 21.2. The second-order valence-electron chi connectivity index (χ2n) is 10.3. The normalized spacial score (nSPS) is 14.3. The molecule has 0 aliphatic carbocycles. The lowest BCUT2D eigenvalue weighted by molar-refractivity contribution is -0.144. The van der Waals surface area contributed by atoms with Crippen LogP contribution in [-0.4, -0.2) is 55.9 Å². The summed E-state index contributed by atoms with van der Waals surface area (Å²) in [7, 11) is 1.91. The van der Waals surface area contributed by atoms with Gasteiger partial charge in [-0.15, -0.1) is 11.3 Å². The zero-order chi connectivity index (χ0) is 31.4. The number of imidazole rings is 1. The molecule has 1 aliphatic rings. The number of hydrogen-bond acceptors (Lipinski definition) is 8. The van der Waals surface area contributed by atoms with Crippen molar-refractivity contribution in [3.05, 3.63) is 98.0 Å². The number of benzene rings is 2. The van der Waals surface area contributed by atoms with E-state index in [2.05, 4.69) is 26.4 Å². The highest BCUT2D eigenvalue weighted by Crippen LogP contribution is 2.33. The topological polar surface area (TPSA) is 118 Å². The predicted octanol–water partition coefficient (Wildman–Crippen LogP) is 6.49. The van der Waals surface area contributed by atoms with Crippen LogP contribution in [0.5, 0.6) is 11.5 Å². The number of aromatic amines is 1. The van der Waals surface area contributed by atoms with Crippen LogP contribution in [0.1, 0.15) is 38.9 Å². The van der Waals surface area contributed by atoms with E-state index >= 15 is 0 Å². The number of nitrogens with zero attached hydrogens (tertiary/aromatic N) is 3. The van der Waals surface area contributed by atoms with E-state index in [4.69, 9.17) is 21.1 Å². The monoisotopic (exact) mass is 652 g/mol. The Morgan fingerprint density at radius 1 is 1.18 bits per heavy atom. The molecular formula is C32H33ClN4O5S2. The lowest BCUT2D eigenvalue weighted by atomic mass is 10.0. The number of aromatic nitrogens is 3. The van der Waals surface area contributed by atoms with Gasteiger partial charge in [-0.3, -0.25) is 18.9 Å². The van der Waals surface area contributed by atoms with E-state index in [1.54, 1.807) is 43.9 Å². The van der Waals surface area contributed by atoms with Gasteiger partial charge in [-0.25, -0.2) is 4.98 Å². The standard InChI is InChI=1S/C17H19N3O3S.C15H14ClNO2S/c1-10-8-18-15(11(2)16(10)23-4)9-24(21)17-19-13-6-5-12(22-3)7-14(13)20-17;16-12-4-2-1-3-11(12)14(15(18)19)17-7-5-13-10(9-17)6-8-20-13/h5-8H,9H2,1-4H3,(H,19,20);1-4,6,8,14H,5,7,9H2,(H,18,19)/t;14-/m.0/s1. The third-order valence-corrected chi connectivity index (χ3v) is 10.1. The van der Waals surface area contributed by atoms with Gasteiger partial charge in [-0.2, -0.15) is 0 Å². The molecule has 0 spiro atoms. The number of fused-ring (bicyclic) bond motifs is 2. The minimum absolute atomic E-state index is 0.277. The maximum absolute atomic E-state index is 12.7. The Bertz CT molecular complexity index is 1820. The van der Waals surface area contributed by atoms with Gasteiger partial charge < -0.3 is 19.6 Å². The largest absolute Gasteiger partial charge is 0.497 e. The lowest BCUT2D eigenvalue weighted by Gasteiger charge is -2.32. The molecule has 2 aromatic carbocycles. The Morgan fingerprint density at radius 3 is 2.70 bits per heavy atom. The van der Waals surface area contributed by atoms with Gasteiger partial charge >= 0.3 is 5.97 Å². The summed E-state index contributed by atoms with van der Waals surface area (Å²) < 4.78 is 23.3. The van der Waals surface area contributed by atoms with Crippen molar-refractivity contribution in [2.24, 2.45) is 0 Å². The summed E-state index contributed by atoms with van der Waals surface area (Å²) in [4.78, 5) is 27.0. The molecular weight excluding hydrogens is 620 g/mol. The van der Waals surface area contributed by atoms with Crippen LogP contribution in [0.2, 0.25) is 5.02 Å². The molecule has 1 aliphatic heterocycles. The van der Waals surface area contributed by atoms with E-state index < -0.39 is 22.8 Å². The molecule has 0 amide bonds. The third-order valence-electron chi connectivity index (χ3n) is 7.54. The maximum Gasteiger partial charge on any atom is 0.325 e. The minimum atomic E-state index is -1.33. The molecule has 6 rings (SSSR count). The molecule has 44 heavy (non-hydrogen) atoms. The van der Waals surface area contributed by atoms with Gasteiger partial charge in [-0.1, -0.05) is 29.8 Å². The summed E-state index contributed by atoms with van der Waals surface area (Å²) in [6.07, 6.45) is 2.64. The number of nitrogens with one attached hydrogen (secondary N) is 1. The number of aryl methyl sites for hydroxylation is 1. The van der Waals surface area contributed by atoms with E-state index in [1.807, 2.05) is 49.1 Å². The predicted molar refractivity (Wildman–Crippen MR) is 173 cm³/mol. The van der Waals surface area contributed by atoms with Crippen molar-refractivity contribution in [2.45, 2.75) is 43.8 Å². The number of ether oxygens (including phenoxy) is 2. The van der Waals surface area contributed by atoms with Crippen LogP contribution in [0.25, 0.3) is 11.0 Å². The van der Waals surface area contributed by atoms with Gasteiger partial charge in [0.25, 0.3) is 0 Å². The molecule has 3 aromatic heterocycles. The number of aliphatic carboxylic acids is 1. The molecule has 2 N–H and O–H groups in total. The fourth-order valence-corrected chi connectivity index (χ4v) is 7.51. The summed E-state index contributed by atoms with van der Waals surface area (Å²) in [6, 6.07) is 14.1. The van der Waals surface area contributed by atoms with Crippen molar-refractivity contribution in [3.63, 3.8) is 0 Å². The van der Waals surface area contributed by atoms with E-state index in [0.29, 0.717) is 22.3 Å². The average Bonchev–Trinajstić information content (AvgIpc) is 3.67. The number of H-pyrrole nitrogens is 1. The zero-order valence-corrected chi connectivity index (χ0v) is 27.2. The first-order valence-electron chi connectivity index (χ1n) is 13.9. The number of pyridine rings is 1. The van der Waals surface area contributed by atoms with Crippen molar-refractivity contribution < 1.29 is 23.6 Å². The summed E-state index contributed by atoms with van der Waals surface area (Å²) in [5.74, 6) is 0.937. The van der Waals surface area contributed by atoms with Gasteiger partial charge in [0.05, 0.1) is 47.5 Å². The fraction of sp³-hybridized carbons (Fsp3) is 0.281. The van der Waals surface area contributed by atoms with Crippen LogP contribution in [0.3, 0.4) is 0 Å². The van der Waals surface area contributed by atoms with Crippen LogP contribution in [0, 0.1) is 13.8 Å². The Balaban J connectivity index is 0.000000177. The van der Waals surface area contributed by atoms with Crippen LogP contribution < -0.4 is 9.47 Å². The number of rotatable bonds is 8. The molecule has 4 heterocycles. The van der Waals surface area contributed by atoms with Crippen LogP contribution in [-0.2, 0) is 34.3 Å². The van der Waals surface area contributed by atoms with E-state index in [0.717, 1.165) is 52.3 Å². The zero-order valence-electron chi connectivity index (χ0n) is 24.8. The third kappa shape index (κ3) is 6.81. The lowest BCUT2D eigenvalue weighted by Crippen LogP contribution is -2.37. The maximum atomic E-state index is 12.7. The van der Waals surface area contributed by atoms with Crippen LogP contribution in [0.15, 0.2) is 65.3 Å². The Hall–Kier alpha value is -3.77. The van der Waals surface area contributed by atoms with Crippen molar-refractivity contribution >= 4 is 50.7 Å². The highest BCUT2D eigenvalue weighted by Gasteiger charge is 2.31. The molecule has 0 radical (unpaired) electrons. The number of carboxylic acids is 1. The molecule has 0 fully saturated rings. The summed E-state index contributed by atoms with van der Waals surface area (Å²) >= 11 is 7.92. The van der Waals surface area contributed by atoms with E-state index in [9.17, 15) is 14.1 Å². The number of halogens is 1. The first kappa shape index (κ1) is 31.6. The Labute approximate surface area is 267 Å². The summed E-state index contributed by atoms with van der Waals surface area (Å²) in [5.41, 5.74) is 6.06. The molecule has 0 saturated heterocycles. The highest BCUT2D eigenvalue weighted by atomic mass is 35.5. The highest BCUT2D eigenvalue weighted by molar-refractivity contribution is 7.84. The van der Waals surface area contributed by atoms with Crippen LogP contribution in [0.4, 0.5) is 0 Å². The second-order valence-corrected chi connectivity index (χ2v) is 13.1. The average molecular weight is 653 g/mol. The number of hydrogen-bond donors (Lipinski definition) is 2. The van der Waals surface area contributed by atoms with Gasteiger partial charge in [0.15, 0.2) is 5.16 Å². The molecule has 12 heteroatoms. The van der Waals surface area contributed by atoms with Crippen molar-refractivity contribution in [1.82, 2.24) is 19.9 Å². The number of methoxy groups -OCH3 is 2. The van der Waals surface area contributed by atoms with Gasteiger partial charge in [0.1, 0.15) is 17.5 Å². The van der Waals surface area contributed by atoms with Gasteiger partial charge in [0.2, 0.25) is 0 Å². The minimum Gasteiger partial charge on any atom is -0.497 e. The quantitative estimate of drug-likeness (QED) is 0.195. The SMILES string of the molecule is COc1ccc2nc(S(=O)Cc3ncc(C)c(OC)c3C)[nH]c2c1.O=C(O)[C@H](c1ccccc1Cl)N1CCc2sccc2C1. The number of thiophene rings is 1. The molecule has 2 atom stereocenters. The fourth-order valence-electron chi connectivity index (χ4n) is 5.28. The Kier molecular flexibility index (Phi) is 10.00. The van der Waals surface area contributed by atoms with E-state index in [1.165, 1.54) is 10.4 Å². The molecule has 1 unspecified atom stereocenters. The van der Waals surface area contributed by atoms with Crippen molar-refractivity contribution in [3.8, 4) is 11.5 Å². The summed E-state index contributed by atoms with van der Waals surface area (Å²) in [6.45, 7) is 5.28. The smallest absolute Gasteiger partial charge is 0.325 e. The molecule has 230 valence electrons. The van der Waals surface area contributed by atoms with Crippen molar-refractivity contribution in [2.75, 3.05) is 20.8 Å². The van der Waals surface area contributed by atoms with Crippen LogP contribution >= 0.6 is 22.9 Å². The molecule has 0 bridgehead atoms. The van der Waals surface area contributed by atoms with E-state index in [-0.39, 0.29) is 5.75 Å². The molecule has 9 nitrogen and oxygen atoms in total. The Morgan fingerprint density at radius 2 is 1.98 bits per heavy atom. The molecule has 5 aromatic rings. The second kappa shape index (κ2) is 13.9. The first-order valence-corrected chi connectivity index (χ1v) is 16.5. The summed E-state index contributed by atoms with van der Waals surface area (Å²) in [5, 5.41) is 12.6. The van der Waals surface area contributed by atoms with Gasteiger partial charge in [0, 0.05) is 46.4 Å². The molecule has 0 saturated carbocycles. The van der Waals surface area contributed by atoms with Gasteiger partial charge in [-0.05, 0) is 61.0 Å². The van der Waals surface area contributed by atoms with Crippen molar-refractivity contribution in [1.29, 1.82) is 0 Å². The number of carboxylic acid groups (broad SMARTS) is 1.